The molecule has 2 aromatic rings. The third kappa shape index (κ3) is 3.27. The predicted molar refractivity (Wildman–Crippen MR) is 73.2 cm³/mol. The van der Waals surface area contributed by atoms with E-state index >= 15 is 0 Å². The normalized spacial score (nSPS) is 12.8. The van der Waals surface area contributed by atoms with Gasteiger partial charge in [-0.2, -0.15) is 0 Å². The Balaban J connectivity index is 2.04. The van der Waals surface area contributed by atoms with Gasteiger partial charge in [0.05, 0.1) is 5.52 Å². The number of pyridine rings is 1. The summed E-state index contributed by atoms with van der Waals surface area (Å²) in [6.07, 6.45) is 2.18. The summed E-state index contributed by atoms with van der Waals surface area (Å²) in [5.74, 6) is 0. The molecule has 1 aromatic heterocycles. The molecule has 2 rings (SSSR count). The van der Waals surface area contributed by atoms with Crippen molar-refractivity contribution in [2.24, 2.45) is 0 Å². The van der Waals surface area contributed by atoms with Crippen molar-refractivity contribution in [3.05, 3.63) is 42.1 Å². The Morgan fingerprint density at radius 2 is 2.00 bits per heavy atom. The minimum Gasteiger partial charge on any atom is -0.315 e. The van der Waals surface area contributed by atoms with E-state index in [-0.39, 0.29) is 0 Å². The Morgan fingerprint density at radius 1 is 1.18 bits per heavy atom. The van der Waals surface area contributed by atoms with Gasteiger partial charge in [0, 0.05) is 17.1 Å². The third-order valence-electron chi connectivity index (χ3n) is 3.04. The van der Waals surface area contributed by atoms with Gasteiger partial charge in [0.15, 0.2) is 0 Å². The van der Waals surface area contributed by atoms with E-state index in [0.717, 1.165) is 24.9 Å². The molecule has 1 N–H and O–H groups in total. The fraction of sp³-hybridized carbons (Fsp3) is 0.400. The van der Waals surface area contributed by atoms with Crippen molar-refractivity contribution in [3.63, 3.8) is 0 Å². The lowest BCUT2D eigenvalue weighted by Crippen LogP contribution is -2.25. The first-order valence-corrected chi connectivity index (χ1v) is 6.37. The van der Waals surface area contributed by atoms with Crippen LogP contribution in [-0.4, -0.2) is 17.6 Å². The highest BCUT2D eigenvalue weighted by atomic mass is 14.9. The zero-order chi connectivity index (χ0) is 12.1. The zero-order valence-corrected chi connectivity index (χ0v) is 10.6. The second-order valence-electron chi connectivity index (χ2n) is 4.49. The van der Waals surface area contributed by atoms with Crippen molar-refractivity contribution < 1.29 is 0 Å². The summed E-state index contributed by atoms with van der Waals surface area (Å²) in [4.78, 5) is 4.68. The van der Waals surface area contributed by atoms with Crippen LogP contribution in [0, 0.1) is 0 Å². The van der Waals surface area contributed by atoms with Crippen LogP contribution >= 0.6 is 0 Å². The first-order valence-electron chi connectivity index (χ1n) is 6.37. The number of fused-ring (bicyclic) bond motifs is 1. The number of para-hydroxylation sites is 1. The van der Waals surface area contributed by atoms with Gasteiger partial charge in [0.1, 0.15) is 0 Å². The molecule has 17 heavy (non-hydrogen) atoms. The van der Waals surface area contributed by atoms with Crippen LogP contribution < -0.4 is 5.32 Å². The molecule has 90 valence electrons. The van der Waals surface area contributed by atoms with E-state index in [4.69, 9.17) is 0 Å². The van der Waals surface area contributed by atoms with Crippen LogP contribution in [0.3, 0.4) is 0 Å². The number of hydrogen-bond acceptors (Lipinski definition) is 2. The van der Waals surface area contributed by atoms with Crippen molar-refractivity contribution in [1.29, 1.82) is 0 Å². The minimum atomic E-state index is 0.563. The molecule has 0 saturated carbocycles. The average molecular weight is 228 g/mol. The summed E-state index contributed by atoms with van der Waals surface area (Å²) in [7, 11) is 0. The summed E-state index contributed by atoms with van der Waals surface area (Å²) in [6, 6.07) is 13.1. The van der Waals surface area contributed by atoms with E-state index in [2.05, 4.69) is 54.5 Å². The highest BCUT2D eigenvalue weighted by molar-refractivity contribution is 5.78. The number of aromatic nitrogens is 1. The molecule has 1 atom stereocenters. The summed E-state index contributed by atoms with van der Waals surface area (Å²) in [5, 5.41) is 4.64. The Bertz CT molecular complexity index is 479. The lowest BCUT2D eigenvalue weighted by Gasteiger charge is -2.11. The van der Waals surface area contributed by atoms with E-state index in [9.17, 15) is 0 Å². The molecule has 0 aliphatic rings. The van der Waals surface area contributed by atoms with E-state index in [1.54, 1.807) is 0 Å². The minimum absolute atomic E-state index is 0.563. The molecule has 0 radical (unpaired) electrons. The second-order valence-corrected chi connectivity index (χ2v) is 4.49. The van der Waals surface area contributed by atoms with E-state index in [0.29, 0.717) is 6.04 Å². The summed E-state index contributed by atoms with van der Waals surface area (Å²) in [6.45, 7) is 5.40. The van der Waals surface area contributed by atoms with Gasteiger partial charge in [-0.25, -0.2) is 0 Å². The second kappa shape index (κ2) is 5.78. The predicted octanol–water partition coefficient (Wildman–Crippen LogP) is 3.17. The Labute approximate surface area is 103 Å². The standard InChI is InChI=1S/C15H20N2/c1-3-16-12(2)8-10-14-11-9-13-6-4-5-7-15(13)17-14/h4-7,9,11-12,16H,3,8,10H2,1-2H3. The van der Waals surface area contributed by atoms with Crippen molar-refractivity contribution in [3.8, 4) is 0 Å². The number of aryl methyl sites for hydroxylation is 1. The highest BCUT2D eigenvalue weighted by Gasteiger charge is 2.02. The quantitative estimate of drug-likeness (QED) is 0.850. The smallest absolute Gasteiger partial charge is 0.0705 e. The molecule has 0 bridgehead atoms. The number of hydrogen-bond donors (Lipinski definition) is 1. The Hall–Kier alpha value is -1.41. The summed E-state index contributed by atoms with van der Waals surface area (Å²) >= 11 is 0. The SMILES string of the molecule is CCNC(C)CCc1ccc2ccccc2n1. The molecule has 0 fully saturated rings. The van der Waals surface area contributed by atoms with Crippen LogP contribution in [0.15, 0.2) is 36.4 Å². The molecule has 0 aliphatic carbocycles. The molecule has 0 saturated heterocycles. The summed E-state index contributed by atoms with van der Waals surface area (Å²) in [5.41, 5.74) is 2.29. The molecule has 0 amide bonds. The first kappa shape index (κ1) is 12.1. The van der Waals surface area contributed by atoms with E-state index < -0.39 is 0 Å². The first-order chi connectivity index (χ1) is 8.29. The largest absolute Gasteiger partial charge is 0.315 e. The van der Waals surface area contributed by atoms with Crippen LogP contribution in [0.1, 0.15) is 26.0 Å². The fourth-order valence-corrected chi connectivity index (χ4v) is 2.06. The lowest BCUT2D eigenvalue weighted by molar-refractivity contribution is 0.528. The molecule has 2 heteroatoms. The van der Waals surface area contributed by atoms with Gasteiger partial charge in [-0.05, 0) is 38.4 Å². The molecule has 2 nitrogen and oxygen atoms in total. The van der Waals surface area contributed by atoms with Crippen LogP contribution in [0.4, 0.5) is 0 Å². The number of nitrogens with one attached hydrogen (secondary N) is 1. The fourth-order valence-electron chi connectivity index (χ4n) is 2.06. The van der Waals surface area contributed by atoms with Gasteiger partial charge < -0.3 is 5.32 Å². The van der Waals surface area contributed by atoms with Crippen molar-refractivity contribution in [1.82, 2.24) is 10.3 Å². The zero-order valence-electron chi connectivity index (χ0n) is 10.6. The summed E-state index contributed by atoms with van der Waals surface area (Å²) < 4.78 is 0. The highest BCUT2D eigenvalue weighted by Crippen LogP contribution is 2.13. The third-order valence-corrected chi connectivity index (χ3v) is 3.04. The monoisotopic (exact) mass is 228 g/mol. The van der Waals surface area contributed by atoms with Crippen molar-refractivity contribution in [2.45, 2.75) is 32.7 Å². The van der Waals surface area contributed by atoms with Gasteiger partial charge in [0.25, 0.3) is 0 Å². The molecule has 0 spiro atoms. The van der Waals surface area contributed by atoms with E-state index in [1.165, 1.54) is 11.1 Å². The van der Waals surface area contributed by atoms with Crippen molar-refractivity contribution >= 4 is 10.9 Å². The number of rotatable bonds is 5. The maximum absolute atomic E-state index is 4.68. The van der Waals surface area contributed by atoms with Gasteiger partial charge in [-0.1, -0.05) is 31.2 Å². The number of nitrogens with zero attached hydrogens (tertiary/aromatic N) is 1. The Morgan fingerprint density at radius 3 is 2.82 bits per heavy atom. The molecule has 1 aromatic carbocycles. The average Bonchev–Trinajstić information content (AvgIpc) is 2.36. The molecular weight excluding hydrogens is 208 g/mol. The van der Waals surface area contributed by atoms with Crippen LogP contribution in [-0.2, 0) is 6.42 Å². The van der Waals surface area contributed by atoms with Gasteiger partial charge in [-0.3, -0.25) is 4.98 Å². The Kier molecular flexibility index (Phi) is 4.10. The lowest BCUT2D eigenvalue weighted by atomic mass is 10.1. The molecular formula is C15H20N2. The van der Waals surface area contributed by atoms with Crippen LogP contribution in [0.5, 0.6) is 0 Å². The molecule has 0 aliphatic heterocycles. The topological polar surface area (TPSA) is 24.9 Å². The van der Waals surface area contributed by atoms with Gasteiger partial charge >= 0.3 is 0 Å². The molecule has 1 unspecified atom stereocenters. The van der Waals surface area contributed by atoms with E-state index in [1.807, 2.05) is 6.07 Å². The number of benzene rings is 1. The molecule has 1 heterocycles. The van der Waals surface area contributed by atoms with Gasteiger partial charge in [0.2, 0.25) is 0 Å². The maximum atomic E-state index is 4.68. The van der Waals surface area contributed by atoms with Crippen LogP contribution in [0.25, 0.3) is 10.9 Å². The maximum Gasteiger partial charge on any atom is 0.0705 e. The van der Waals surface area contributed by atoms with Crippen LogP contribution in [0.2, 0.25) is 0 Å². The van der Waals surface area contributed by atoms with Gasteiger partial charge in [-0.15, -0.1) is 0 Å². The van der Waals surface area contributed by atoms with Crippen molar-refractivity contribution in [2.75, 3.05) is 6.54 Å².